The minimum Gasteiger partial charge on any atom is -0.305 e. The first-order chi connectivity index (χ1) is 8.15. The maximum Gasteiger partial charge on any atom is 0.0516 e. The molecule has 1 aromatic carbocycles. The minimum atomic E-state index is 0.299. The molecular formula is C13H13Cl2NS. The molecule has 0 aliphatic carbocycles. The van der Waals surface area contributed by atoms with E-state index in [1.54, 1.807) is 11.3 Å². The van der Waals surface area contributed by atoms with E-state index in [0.717, 1.165) is 16.6 Å². The molecular weight excluding hydrogens is 273 g/mol. The zero-order chi connectivity index (χ0) is 12.3. The third-order valence-corrected chi connectivity index (χ3v) is 4.11. The Bertz CT molecular complexity index is 478. The van der Waals surface area contributed by atoms with Crippen molar-refractivity contribution < 1.29 is 0 Å². The number of benzene rings is 1. The molecule has 1 heterocycles. The van der Waals surface area contributed by atoms with Crippen molar-refractivity contribution >= 4 is 34.5 Å². The average Bonchev–Trinajstić information content (AvgIpc) is 2.73. The predicted octanol–water partition coefficient (Wildman–Crippen LogP) is 4.91. The summed E-state index contributed by atoms with van der Waals surface area (Å²) in [6.07, 6.45) is 0. The summed E-state index contributed by atoms with van der Waals surface area (Å²) >= 11 is 13.4. The number of halogens is 2. The SMILES string of the molecule is CC(NCc1cc(Cl)cs1)c1ccc(Cl)cc1. The van der Waals surface area contributed by atoms with Gasteiger partial charge in [-0.1, -0.05) is 35.3 Å². The molecule has 0 spiro atoms. The van der Waals surface area contributed by atoms with E-state index in [-0.39, 0.29) is 0 Å². The lowest BCUT2D eigenvalue weighted by Gasteiger charge is -2.13. The fourth-order valence-corrected chi connectivity index (χ4v) is 2.72. The molecule has 0 saturated heterocycles. The van der Waals surface area contributed by atoms with Crippen LogP contribution in [0, 0.1) is 0 Å². The van der Waals surface area contributed by atoms with Gasteiger partial charge in [0.25, 0.3) is 0 Å². The number of thiophene rings is 1. The molecule has 0 saturated carbocycles. The van der Waals surface area contributed by atoms with Crippen LogP contribution >= 0.6 is 34.5 Å². The van der Waals surface area contributed by atoms with Crippen molar-refractivity contribution in [3.05, 3.63) is 56.2 Å². The van der Waals surface area contributed by atoms with Gasteiger partial charge in [-0.3, -0.25) is 0 Å². The first kappa shape index (κ1) is 12.9. The second-order valence-electron chi connectivity index (χ2n) is 3.89. The van der Waals surface area contributed by atoms with Gasteiger partial charge in [0.05, 0.1) is 5.02 Å². The quantitative estimate of drug-likeness (QED) is 0.842. The van der Waals surface area contributed by atoms with E-state index < -0.39 is 0 Å². The molecule has 0 aliphatic heterocycles. The van der Waals surface area contributed by atoms with Crippen LogP contribution in [0.15, 0.2) is 35.7 Å². The highest BCUT2D eigenvalue weighted by Gasteiger charge is 2.05. The summed E-state index contributed by atoms with van der Waals surface area (Å²) in [7, 11) is 0. The second kappa shape index (κ2) is 5.87. The normalized spacial score (nSPS) is 12.6. The highest BCUT2D eigenvalue weighted by atomic mass is 35.5. The Morgan fingerprint density at radius 1 is 1.18 bits per heavy atom. The maximum atomic E-state index is 5.88. The summed E-state index contributed by atoms with van der Waals surface area (Å²) in [5.41, 5.74) is 1.23. The lowest BCUT2D eigenvalue weighted by molar-refractivity contribution is 0.579. The van der Waals surface area contributed by atoms with Gasteiger partial charge in [-0.15, -0.1) is 11.3 Å². The minimum absolute atomic E-state index is 0.299. The molecule has 0 amide bonds. The predicted molar refractivity (Wildman–Crippen MR) is 76.0 cm³/mol. The van der Waals surface area contributed by atoms with Crippen molar-refractivity contribution in [1.29, 1.82) is 0 Å². The fraction of sp³-hybridized carbons (Fsp3) is 0.231. The Kier molecular flexibility index (Phi) is 4.46. The smallest absolute Gasteiger partial charge is 0.0516 e. The molecule has 0 fully saturated rings. The maximum absolute atomic E-state index is 5.88. The van der Waals surface area contributed by atoms with E-state index in [4.69, 9.17) is 23.2 Å². The van der Waals surface area contributed by atoms with E-state index >= 15 is 0 Å². The zero-order valence-electron chi connectivity index (χ0n) is 9.41. The van der Waals surface area contributed by atoms with Crippen LogP contribution in [0.4, 0.5) is 0 Å². The van der Waals surface area contributed by atoms with E-state index in [1.807, 2.05) is 35.7 Å². The Labute approximate surface area is 115 Å². The van der Waals surface area contributed by atoms with Crippen molar-refractivity contribution in [2.75, 3.05) is 0 Å². The molecule has 90 valence electrons. The molecule has 4 heteroatoms. The summed E-state index contributed by atoms with van der Waals surface area (Å²) in [6.45, 7) is 2.97. The molecule has 0 bridgehead atoms. The van der Waals surface area contributed by atoms with E-state index in [2.05, 4.69) is 12.2 Å². The van der Waals surface area contributed by atoms with Crippen LogP contribution in [-0.2, 0) is 6.54 Å². The average molecular weight is 286 g/mol. The van der Waals surface area contributed by atoms with Gasteiger partial charge >= 0.3 is 0 Å². The molecule has 1 unspecified atom stereocenters. The van der Waals surface area contributed by atoms with Crippen LogP contribution in [0.1, 0.15) is 23.4 Å². The summed E-state index contributed by atoms with van der Waals surface area (Å²) in [5.74, 6) is 0. The third-order valence-electron chi connectivity index (χ3n) is 2.57. The summed E-state index contributed by atoms with van der Waals surface area (Å²) < 4.78 is 0. The van der Waals surface area contributed by atoms with Crippen LogP contribution in [0.2, 0.25) is 10.0 Å². The van der Waals surface area contributed by atoms with E-state index in [0.29, 0.717) is 6.04 Å². The molecule has 1 nitrogen and oxygen atoms in total. The van der Waals surface area contributed by atoms with Crippen LogP contribution in [0.25, 0.3) is 0 Å². The van der Waals surface area contributed by atoms with Crippen molar-refractivity contribution in [3.63, 3.8) is 0 Å². The van der Waals surface area contributed by atoms with Crippen LogP contribution in [0.5, 0.6) is 0 Å². The van der Waals surface area contributed by atoms with E-state index in [9.17, 15) is 0 Å². The Morgan fingerprint density at radius 3 is 2.47 bits per heavy atom. The van der Waals surface area contributed by atoms with Crippen molar-refractivity contribution in [2.45, 2.75) is 19.5 Å². The number of hydrogen-bond acceptors (Lipinski definition) is 2. The van der Waals surface area contributed by atoms with Gasteiger partial charge in [-0.05, 0) is 30.7 Å². The van der Waals surface area contributed by atoms with Gasteiger partial charge in [-0.25, -0.2) is 0 Å². The molecule has 0 radical (unpaired) electrons. The molecule has 2 aromatic rings. The van der Waals surface area contributed by atoms with Gasteiger partial charge in [0, 0.05) is 27.9 Å². The largest absolute Gasteiger partial charge is 0.305 e. The van der Waals surface area contributed by atoms with Crippen LogP contribution < -0.4 is 5.32 Å². The number of nitrogens with one attached hydrogen (secondary N) is 1. The number of hydrogen-bond donors (Lipinski definition) is 1. The monoisotopic (exact) mass is 285 g/mol. The summed E-state index contributed by atoms with van der Waals surface area (Å²) in [6, 6.07) is 10.2. The van der Waals surface area contributed by atoms with Crippen LogP contribution in [-0.4, -0.2) is 0 Å². The molecule has 0 aliphatic rings. The van der Waals surface area contributed by atoms with Gasteiger partial charge in [0.2, 0.25) is 0 Å². The highest BCUT2D eigenvalue weighted by Crippen LogP contribution is 2.21. The first-order valence-electron chi connectivity index (χ1n) is 5.37. The van der Waals surface area contributed by atoms with Crippen molar-refractivity contribution in [2.24, 2.45) is 0 Å². The van der Waals surface area contributed by atoms with Crippen LogP contribution in [0.3, 0.4) is 0 Å². The summed E-state index contributed by atoms with van der Waals surface area (Å²) in [5, 5.41) is 6.99. The zero-order valence-corrected chi connectivity index (χ0v) is 11.7. The Hall–Kier alpha value is -0.540. The molecule has 2 rings (SSSR count). The highest BCUT2D eigenvalue weighted by molar-refractivity contribution is 7.10. The van der Waals surface area contributed by atoms with Crippen molar-refractivity contribution in [1.82, 2.24) is 5.32 Å². The Balaban J connectivity index is 1.93. The molecule has 17 heavy (non-hydrogen) atoms. The molecule has 1 aromatic heterocycles. The second-order valence-corrected chi connectivity index (χ2v) is 5.75. The number of rotatable bonds is 4. The lowest BCUT2D eigenvalue weighted by atomic mass is 10.1. The Morgan fingerprint density at radius 2 is 1.88 bits per heavy atom. The van der Waals surface area contributed by atoms with Gasteiger partial charge in [0.15, 0.2) is 0 Å². The van der Waals surface area contributed by atoms with Gasteiger partial charge < -0.3 is 5.32 Å². The first-order valence-corrected chi connectivity index (χ1v) is 7.00. The third kappa shape index (κ3) is 3.71. The lowest BCUT2D eigenvalue weighted by Crippen LogP contribution is -2.17. The summed E-state index contributed by atoms with van der Waals surface area (Å²) in [4.78, 5) is 1.25. The van der Waals surface area contributed by atoms with E-state index in [1.165, 1.54) is 10.4 Å². The van der Waals surface area contributed by atoms with Gasteiger partial charge in [-0.2, -0.15) is 0 Å². The van der Waals surface area contributed by atoms with Gasteiger partial charge in [0.1, 0.15) is 0 Å². The van der Waals surface area contributed by atoms with Crippen molar-refractivity contribution in [3.8, 4) is 0 Å². The molecule has 1 atom stereocenters. The topological polar surface area (TPSA) is 12.0 Å². The molecule has 1 N–H and O–H groups in total. The fourth-order valence-electron chi connectivity index (χ4n) is 1.57. The standard InChI is InChI=1S/C13H13Cl2NS/c1-9(10-2-4-11(14)5-3-10)16-7-13-6-12(15)8-17-13/h2-6,8-9,16H,7H2,1H3.